The second kappa shape index (κ2) is 3.98. The highest BCUT2D eigenvalue weighted by molar-refractivity contribution is 5.73. The van der Waals surface area contributed by atoms with E-state index in [0.29, 0.717) is 12.1 Å². The Labute approximate surface area is 92.4 Å². The van der Waals surface area contributed by atoms with Gasteiger partial charge in [-0.3, -0.25) is 4.57 Å². The fourth-order valence-electron chi connectivity index (χ4n) is 1.63. The van der Waals surface area contributed by atoms with Gasteiger partial charge in [0.25, 0.3) is 0 Å². The summed E-state index contributed by atoms with van der Waals surface area (Å²) in [5, 5.41) is 8.98. The van der Waals surface area contributed by atoms with Crippen LogP contribution in [0.2, 0.25) is 0 Å². The lowest BCUT2D eigenvalue weighted by Gasteiger charge is -2.01. The van der Waals surface area contributed by atoms with Crippen LogP contribution in [-0.4, -0.2) is 9.67 Å². The molecule has 0 bridgehead atoms. The zero-order valence-corrected chi connectivity index (χ0v) is 9.06. The lowest BCUT2D eigenvalue weighted by atomic mass is 10.2. The topological polar surface area (TPSA) is 55.4 Å². The molecule has 4 nitrogen and oxygen atoms in total. The Morgan fingerprint density at radius 2 is 2.31 bits per heavy atom. The van der Waals surface area contributed by atoms with Crippen molar-refractivity contribution in [3.8, 4) is 0 Å². The Kier molecular flexibility index (Phi) is 2.66. The van der Waals surface area contributed by atoms with Gasteiger partial charge in [-0.05, 0) is 24.6 Å². The van der Waals surface area contributed by atoms with Crippen molar-refractivity contribution in [2.45, 2.75) is 20.1 Å². The predicted molar refractivity (Wildman–Crippen MR) is 61.2 cm³/mol. The van der Waals surface area contributed by atoms with Crippen LogP contribution in [0.3, 0.4) is 0 Å². The normalized spacial score (nSPS) is 10.9. The average Bonchev–Trinajstić information content (AvgIpc) is 2.54. The number of fused-ring (bicyclic) bond motifs is 1. The Morgan fingerprint density at radius 3 is 2.94 bits per heavy atom. The van der Waals surface area contributed by atoms with Crippen molar-refractivity contribution >= 4 is 11.1 Å². The number of hydrogen-bond donors (Lipinski definition) is 1. The second-order valence-corrected chi connectivity index (χ2v) is 3.87. The summed E-state index contributed by atoms with van der Waals surface area (Å²) in [6.07, 6.45) is 0. The molecular formula is C12H13NO3. The molecule has 0 saturated carbocycles. The van der Waals surface area contributed by atoms with Gasteiger partial charge in [0, 0.05) is 6.54 Å². The molecule has 1 heterocycles. The summed E-state index contributed by atoms with van der Waals surface area (Å²) in [4.78, 5) is 11.6. The minimum absolute atomic E-state index is 0.0642. The second-order valence-electron chi connectivity index (χ2n) is 3.87. The Hall–Kier alpha value is -1.81. The van der Waals surface area contributed by atoms with Gasteiger partial charge in [-0.15, -0.1) is 0 Å². The van der Waals surface area contributed by atoms with E-state index in [-0.39, 0.29) is 6.61 Å². The Balaban J connectivity index is 2.62. The molecular weight excluding hydrogens is 206 g/mol. The molecule has 0 fully saturated rings. The van der Waals surface area contributed by atoms with Crippen molar-refractivity contribution in [3.63, 3.8) is 0 Å². The van der Waals surface area contributed by atoms with Crippen molar-refractivity contribution < 1.29 is 9.52 Å². The molecule has 0 saturated heterocycles. The molecule has 0 unspecified atom stereocenters. The van der Waals surface area contributed by atoms with Crippen LogP contribution in [0, 0.1) is 0 Å². The van der Waals surface area contributed by atoms with E-state index in [4.69, 9.17) is 9.52 Å². The molecule has 0 amide bonds. The summed E-state index contributed by atoms with van der Waals surface area (Å²) in [7, 11) is 0. The number of rotatable bonds is 3. The number of oxazole rings is 1. The number of aliphatic hydroxyl groups excluding tert-OH is 1. The summed E-state index contributed by atoms with van der Waals surface area (Å²) in [5.74, 6) is -0.395. The molecule has 4 heteroatoms. The van der Waals surface area contributed by atoms with Crippen molar-refractivity contribution in [1.82, 2.24) is 4.57 Å². The van der Waals surface area contributed by atoms with Crippen LogP contribution in [0.25, 0.3) is 11.1 Å². The SMILES string of the molecule is C=C(C)Cn1c(=O)oc2cc(CO)ccc21. The first-order chi connectivity index (χ1) is 7.61. The minimum atomic E-state index is -0.395. The van der Waals surface area contributed by atoms with Crippen LogP contribution < -0.4 is 5.76 Å². The van der Waals surface area contributed by atoms with Crippen molar-refractivity contribution in [2.24, 2.45) is 0 Å². The summed E-state index contributed by atoms with van der Waals surface area (Å²) in [6.45, 7) is 6.01. The number of allylic oxidation sites excluding steroid dienone is 1. The molecule has 84 valence electrons. The summed E-state index contributed by atoms with van der Waals surface area (Å²) < 4.78 is 6.62. The van der Waals surface area contributed by atoms with E-state index >= 15 is 0 Å². The molecule has 2 aromatic rings. The monoisotopic (exact) mass is 219 g/mol. The predicted octanol–water partition coefficient (Wildman–Crippen LogP) is 1.66. The maximum absolute atomic E-state index is 11.6. The van der Waals surface area contributed by atoms with Crippen LogP contribution in [-0.2, 0) is 13.2 Å². The molecule has 0 aliphatic carbocycles. The van der Waals surface area contributed by atoms with Gasteiger partial charge in [-0.2, -0.15) is 0 Å². The van der Waals surface area contributed by atoms with Crippen LogP contribution >= 0.6 is 0 Å². The van der Waals surface area contributed by atoms with Crippen molar-refractivity contribution in [3.05, 3.63) is 46.5 Å². The van der Waals surface area contributed by atoms with Gasteiger partial charge in [0.05, 0.1) is 12.1 Å². The lowest BCUT2D eigenvalue weighted by molar-refractivity contribution is 0.282. The third-order valence-corrected chi connectivity index (χ3v) is 2.34. The molecule has 0 aliphatic heterocycles. The van der Waals surface area contributed by atoms with Gasteiger partial charge in [0.1, 0.15) is 0 Å². The number of aromatic nitrogens is 1. The number of hydrogen-bond acceptors (Lipinski definition) is 3. The zero-order valence-electron chi connectivity index (χ0n) is 9.06. The lowest BCUT2D eigenvalue weighted by Crippen LogP contribution is -2.14. The molecule has 2 rings (SSSR count). The van der Waals surface area contributed by atoms with Crippen molar-refractivity contribution in [1.29, 1.82) is 0 Å². The van der Waals surface area contributed by atoms with Gasteiger partial charge in [0.15, 0.2) is 5.58 Å². The van der Waals surface area contributed by atoms with E-state index in [1.165, 1.54) is 4.57 Å². The van der Waals surface area contributed by atoms with Gasteiger partial charge < -0.3 is 9.52 Å². The van der Waals surface area contributed by atoms with Crippen LogP contribution in [0.1, 0.15) is 12.5 Å². The molecule has 1 aromatic heterocycles. The molecule has 0 spiro atoms. The molecule has 0 atom stereocenters. The average molecular weight is 219 g/mol. The molecule has 16 heavy (non-hydrogen) atoms. The van der Waals surface area contributed by atoms with E-state index < -0.39 is 5.76 Å². The summed E-state index contributed by atoms with van der Waals surface area (Å²) in [6, 6.07) is 5.21. The van der Waals surface area contributed by atoms with E-state index in [1.807, 2.05) is 6.92 Å². The van der Waals surface area contributed by atoms with Gasteiger partial charge in [-0.1, -0.05) is 18.2 Å². The smallest absolute Gasteiger partial charge is 0.408 e. The van der Waals surface area contributed by atoms with E-state index in [9.17, 15) is 4.79 Å². The largest absolute Gasteiger partial charge is 0.420 e. The highest BCUT2D eigenvalue weighted by Crippen LogP contribution is 2.15. The summed E-state index contributed by atoms with van der Waals surface area (Å²) in [5.41, 5.74) is 2.84. The van der Waals surface area contributed by atoms with Crippen LogP contribution in [0.5, 0.6) is 0 Å². The van der Waals surface area contributed by atoms with Crippen LogP contribution in [0.15, 0.2) is 39.6 Å². The molecule has 0 aliphatic rings. The third-order valence-electron chi connectivity index (χ3n) is 2.34. The molecule has 1 N–H and O–H groups in total. The van der Waals surface area contributed by atoms with Gasteiger partial charge in [0.2, 0.25) is 0 Å². The fourth-order valence-corrected chi connectivity index (χ4v) is 1.63. The quantitative estimate of drug-likeness (QED) is 0.799. The Morgan fingerprint density at radius 1 is 1.56 bits per heavy atom. The van der Waals surface area contributed by atoms with Crippen LogP contribution in [0.4, 0.5) is 0 Å². The first-order valence-corrected chi connectivity index (χ1v) is 4.99. The van der Waals surface area contributed by atoms with Gasteiger partial charge in [-0.25, -0.2) is 4.79 Å². The third kappa shape index (κ3) is 1.79. The molecule has 1 aromatic carbocycles. The standard InChI is InChI=1S/C12H13NO3/c1-8(2)6-13-10-4-3-9(7-14)5-11(10)16-12(13)15/h3-5,14H,1,6-7H2,2H3. The first-order valence-electron chi connectivity index (χ1n) is 4.99. The fraction of sp³-hybridized carbons (Fsp3) is 0.250. The minimum Gasteiger partial charge on any atom is -0.408 e. The van der Waals surface area contributed by atoms with Crippen molar-refractivity contribution in [2.75, 3.05) is 0 Å². The van der Waals surface area contributed by atoms with E-state index in [1.54, 1.807) is 18.2 Å². The zero-order chi connectivity index (χ0) is 11.7. The maximum atomic E-state index is 11.6. The van der Waals surface area contributed by atoms with E-state index in [2.05, 4.69) is 6.58 Å². The van der Waals surface area contributed by atoms with Gasteiger partial charge >= 0.3 is 5.76 Å². The number of nitrogens with zero attached hydrogens (tertiary/aromatic N) is 1. The molecule has 0 radical (unpaired) electrons. The van der Waals surface area contributed by atoms with E-state index in [0.717, 1.165) is 16.7 Å². The summed E-state index contributed by atoms with van der Waals surface area (Å²) >= 11 is 0. The number of benzene rings is 1. The highest BCUT2D eigenvalue weighted by Gasteiger charge is 2.09. The maximum Gasteiger partial charge on any atom is 0.420 e. The number of aliphatic hydroxyl groups is 1. The highest BCUT2D eigenvalue weighted by atomic mass is 16.4. The Bertz CT molecular complexity index is 592. The first kappa shape index (κ1) is 10.7.